The molecule has 1 fully saturated rings. The lowest BCUT2D eigenvalue weighted by Crippen LogP contribution is -2.48. The van der Waals surface area contributed by atoms with Gasteiger partial charge in [-0.3, -0.25) is 4.79 Å². The fraction of sp³-hybridized carbons (Fsp3) is 0.684. The summed E-state index contributed by atoms with van der Waals surface area (Å²) < 4.78 is 0. The number of carbonyl (C=O) groups excluding carboxylic acids is 1. The smallest absolute Gasteiger partial charge is 0.337 e. The first-order valence-corrected chi connectivity index (χ1v) is 9.99. The zero-order valence-corrected chi connectivity index (χ0v) is 16.2. The van der Waals surface area contributed by atoms with E-state index in [2.05, 4.69) is 19.2 Å². The van der Waals surface area contributed by atoms with E-state index in [1.165, 1.54) is 11.3 Å². The third kappa shape index (κ3) is 3.60. The number of aromatic carboxylic acids is 1. The Bertz CT molecular complexity index is 678. The van der Waals surface area contributed by atoms with Crippen molar-refractivity contribution >= 4 is 23.2 Å². The van der Waals surface area contributed by atoms with Crippen LogP contribution in [0.2, 0.25) is 0 Å². The summed E-state index contributed by atoms with van der Waals surface area (Å²) in [5.41, 5.74) is 1.27. The fourth-order valence-corrected chi connectivity index (χ4v) is 5.41. The van der Waals surface area contributed by atoms with Crippen LogP contribution in [0, 0.1) is 5.41 Å². The topological polar surface area (TPSA) is 69.6 Å². The van der Waals surface area contributed by atoms with Gasteiger partial charge in [-0.15, -0.1) is 11.3 Å². The molecule has 3 rings (SSSR count). The first kappa shape index (κ1) is 18.4. The Morgan fingerprint density at radius 2 is 2.12 bits per heavy atom. The Kier molecular flexibility index (Phi) is 5.21. The number of amides is 1. The van der Waals surface area contributed by atoms with Gasteiger partial charge in [-0.05, 0) is 56.6 Å². The van der Waals surface area contributed by atoms with Gasteiger partial charge in [0.1, 0.15) is 4.88 Å². The fourth-order valence-electron chi connectivity index (χ4n) is 4.14. The molecule has 0 saturated carbocycles. The molecule has 2 N–H and O–H groups in total. The highest BCUT2D eigenvalue weighted by molar-refractivity contribution is 7.14. The molecule has 1 atom stereocenters. The van der Waals surface area contributed by atoms with Crippen LogP contribution in [-0.2, 0) is 12.8 Å². The standard InChI is InChI=1S/C19H28N2O3S/c1-19(2)8-7-14-13(10-19)15(18(23)24)16(25-14)17(22)21-9-5-4-6-12(21)11-20-3/h12,20H,4-11H2,1-3H3,(H,23,24)/t12-/m0/s1. The molecule has 1 amide bonds. The van der Waals surface area contributed by atoms with Crippen LogP contribution in [0.5, 0.6) is 0 Å². The highest BCUT2D eigenvalue weighted by atomic mass is 32.1. The second-order valence-electron chi connectivity index (χ2n) is 8.06. The van der Waals surface area contributed by atoms with Crippen LogP contribution in [0.25, 0.3) is 0 Å². The molecule has 1 aliphatic heterocycles. The zero-order valence-electron chi connectivity index (χ0n) is 15.4. The van der Waals surface area contributed by atoms with E-state index in [0.717, 1.165) is 62.1 Å². The third-order valence-electron chi connectivity index (χ3n) is 5.51. The number of aryl methyl sites for hydroxylation is 1. The van der Waals surface area contributed by atoms with Gasteiger partial charge in [0.15, 0.2) is 0 Å². The Labute approximate surface area is 153 Å². The van der Waals surface area contributed by atoms with E-state index in [0.29, 0.717) is 4.88 Å². The molecule has 0 aromatic carbocycles. The van der Waals surface area contributed by atoms with E-state index in [9.17, 15) is 14.7 Å². The monoisotopic (exact) mass is 364 g/mol. The van der Waals surface area contributed by atoms with Gasteiger partial charge in [-0.25, -0.2) is 4.79 Å². The van der Waals surface area contributed by atoms with Gasteiger partial charge < -0.3 is 15.3 Å². The van der Waals surface area contributed by atoms with Gasteiger partial charge in [-0.1, -0.05) is 13.8 Å². The summed E-state index contributed by atoms with van der Waals surface area (Å²) in [5.74, 6) is -1.05. The lowest BCUT2D eigenvalue weighted by atomic mass is 9.76. The number of likely N-dealkylation sites (N-methyl/N-ethyl adjacent to an activating group) is 1. The average molecular weight is 365 g/mol. The van der Waals surface area contributed by atoms with Crippen LogP contribution in [0.3, 0.4) is 0 Å². The van der Waals surface area contributed by atoms with Gasteiger partial charge in [0.05, 0.1) is 5.56 Å². The van der Waals surface area contributed by atoms with Crippen molar-refractivity contribution in [3.05, 3.63) is 20.9 Å². The molecular weight excluding hydrogens is 336 g/mol. The summed E-state index contributed by atoms with van der Waals surface area (Å²) in [5, 5.41) is 13.0. The number of likely N-dealkylation sites (tertiary alicyclic amines) is 1. The lowest BCUT2D eigenvalue weighted by molar-refractivity contribution is 0.0601. The van der Waals surface area contributed by atoms with Crippen molar-refractivity contribution in [3.8, 4) is 0 Å². The maximum absolute atomic E-state index is 13.2. The van der Waals surface area contributed by atoms with E-state index in [-0.39, 0.29) is 22.9 Å². The van der Waals surface area contributed by atoms with Crippen molar-refractivity contribution in [3.63, 3.8) is 0 Å². The van der Waals surface area contributed by atoms with E-state index >= 15 is 0 Å². The van der Waals surface area contributed by atoms with Gasteiger partial charge in [0.25, 0.3) is 5.91 Å². The minimum absolute atomic E-state index is 0.0884. The molecule has 0 unspecified atom stereocenters. The van der Waals surface area contributed by atoms with Crippen LogP contribution in [0.15, 0.2) is 0 Å². The zero-order chi connectivity index (χ0) is 18.2. The third-order valence-corrected chi connectivity index (χ3v) is 6.79. The number of carboxylic acids is 1. The molecule has 6 heteroatoms. The SMILES string of the molecule is CNC[C@@H]1CCCCN1C(=O)c1sc2c(c1C(=O)O)CC(C)(C)CC2. The summed E-state index contributed by atoms with van der Waals surface area (Å²) in [6.07, 6.45) is 5.75. The lowest BCUT2D eigenvalue weighted by Gasteiger charge is -2.35. The van der Waals surface area contributed by atoms with Crippen molar-refractivity contribution in [2.45, 2.75) is 58.4 Å². The Balaban J connectivity index is 1.98. The molecular formula is C19H28N2O3S. The minimum atomic E-state index is -0.958. The Morgan fingerprint density at radius 1 is 1.36 bits per heavy atom. The molecule has 138 valence electrons. The summed E-state index contributed by atoms with van der Waals surface area (Å²) in [4.78, 5) is 28.7. The largest absolute Gasteiger partial charge is 0.478 e. The number of carboxylic acid groups (broad SMARTS) is 1. The Morgan fingerprint density at radius 3 is 2.80 bits per heavy atom. The number of nitrogens with zero attached hydrogens (tertiary/aromatic N) is 1. The highest BCUT2D eigenvalue weighted by Gasteiger charge is 2.37. The molecule has 25 heavy (non-hydrogen) atoms. The van der Waals surface area contributed by atoms with Gasteiger partial charge in [-0.2, -0.15) is 0 Å². The molecule has 1 aromatic heterocycles. The van der Waals surface area contributed by atoms with Gasteiger partial charge >= 0.3 is 5.97 Å². The van der Waals surface area contributed by atoms with Crippen LogP contribution in [0.4, 0.5) is 0 Å². The van der Waals surface area contributed by atoms with Crippen molar-refractivity contribution in [1.29, 1.82) is 0 Å². The summed E-state index contributed by atoms with van der Waals surface area (Å²) in [6, 6.07) is 0.156. The molecule has 0 spiro atoms. The van der Waals surface area contributed by atoms with Crippen LogP contribution in [0.1, 0.15) is 70.0 Å². The number of fused-ring (bicyclic) bond motifs is 1. The van der Waals surface area contributed by atoms with Crippen molar-refractivity contribution in [2.75, 3.05) is 20.1 Å². The molecule has 0 bridgehead atoms. The minimum Gasteiger partial charge on any atom is -0.478 e. The van der Waals surface area contributed by atoms with Crippen molar-refractivity contribution in [2.24, 2.45) is 5.41 Å². The number of rotatable bonds is 4. The number of thiophene rings is 1. The normalized spacial score (nSPS) is 22.5. The first-order valence-electron chi connectivity index (χ1n) is 9.17. The van der Waals surface area contributed by atoms with Gasteiger partial charge in [0.2, 0.25) is 0 Å². The molecule has 2 heterocycles. The molecule has 1 saturated heterocycles. The van der Waals surface area contributed by atoms with E-state index in [4.69, 9.17) is 0 Å². The first-order chi connectivity index (χ1) is 11.8. The number of nitrogens with one attached hydrogen (secondary N) is 1. The van der Waals surface area contributed by atoms with E-state index < -0.39 is 5.97 Å². The second-order valence-corrected chi connectivity index (χ2v) is 9.17. The molecule has 5 nitrogen and oxygen atoms in total. The molecule has 1 aliphatic carbocycles. The van der Waals surface area contributed by atoms with Crippen LogP contribution in [-0.4, -0.2) is 48.1 Å². The molecule has 2 aliphatic rings. The average Bonchev–Trinajstić information content (AvgIpc) is 2.92. The maximum Gasteiger partial charge on any atom is 0.337 e. The molecule has 0 radical (unpaired) electrons. The maximum atomic E-state index is 13.2. The van der Waals surface area contributed by atoms with Crippen LogP contribution >= 0.6 is 11.3 Å². The van der Waals surface area contributed by atoms with Crippen molar-refractivity contribution < 1.29 is 14.7 Å². The van der Waals surface area contributed by atoms with Crippen molar-refractivity contribution in [1.82, 2.24) is 10.2 Å². The quantitative estimate of drug-likeness (QED) is 0.861. The van der Waals surface area contributed by atoms with Gasteiger partial charge in [0, 0.05) is 24.0 Å². The summed E-state index contributed by atoms with van der Waals surface area (Å²) in [6.45, 7) is 5.83. The molecule has 1 aromatic rings. The second kappa shape index (κ2) is 7.08. The van der Waals surface area contributed by atoms with E-state index in [1.54, 1.807) is 0 Å². The van der Waals surface area contributed by atoms with Crippen LogP contribution < -0.4 is 5.32 Å². The summed E-state index contributed by atoms with van der Waals surface area (Å²) >= 11 is 1.42. The van der Waals surface area contributed by atoms with E-state index in [1.807, 2.05) is 11.9 Å². The number of piperidine rings is 1. The highest BCUT2D eigenvalue weighted by Crippen LogP contribution is 2.42. The Hall–Kier alpha value is -1.40. The number of hydrogen-bond donors (Lipinski definition) is 2. The predicted octanol–water partition coefficient (Wildman–Crippen LogP) is 3.18. The number of hydrogen-bond acceptors (Lipinski definition) is 4. The summed E-state index contributed by atoms with van der Waals surface area (Å²) in [7, 11) is 1.89. The predicted molar refractivity (Wildman–Crippen MR) is 99.7 cm³/mol. The number of carbonyl (C=O) groups is 2.